The van der Waals surface area contributed by atoms with Crippen molar-refractivity contribution in [2.24, 2.45) is 0 Å². The number of carbonyl (C=O) groups excluding carboxylic acids is 2. The van der Waals surface area contributed by atoms with E-state index in [-0.39, 0.29) is 30.1 Å². The molecule has 1 aliphatic rings. The molecule has 37 heavy (non-hydrogen) atoms. The maximum atomic E-state index is 15.0. The average molecular weight is 563 g/mol. The highest BCUT2D eigenvalue weighted by Crippen LogP contribution is 2.27. The minimum Gasteiger partial charge on any atom is -0.341 e. The van der Waals surface area contributed by atoms with Crippen LogP contribution in [-0.2, 0) is 21.2 Å². The summed E-state index contributed by atoms with van der Waals surface area (Å²) < 4.78 is 42.7. The monoisotopic (exact) mass is 562 g/mol. The van der Waals surface area contributed by atoms with Gasteiger partial charge in [-0.15, -0.1) is 11.3 Å². The molecule has 0 spiro atoms. The van der Waals surface area contributed by atoms with Crippen LogP contribution in [0.4, 0.5) is 10.1 Å². The van der Waals surface area contributed by atoms with E-state index in [2.05, 4.69) is 9.71 Å². The van der Waals surface area contributed by atoms with Gasteiger partial charge in [-0.25, -0.2) is 12.8 Å². The number of nitrogens with zero attached hydrogens (tertiary/aromatic N) is 3. The first-order valence-corrected chi connectivity index (χ1v) is 14.1. The number of likely N-dealkylation sites (N-methyl/N-ethyl adjacent to an activating group) is 1. The highest BCUT2D eigenvalue weighted by atomic mass is 35.5. The molecule has 0 radical (unpaired) electrons. The highest BCUT2D eigenvalue weighted by molar-refractivity contribution is 7.92. The number of anilines is 1. The summed E-state index contributed by atoms with van der Waals surface area (Å²) >= 11 is 7.07. The molecular formula is C25H24ClFN4O4S2. The van der Waals surface area contributed by atoms with Gasteiger partial charge in [-0.3, -0.25) is 14.6 Å². The molecule has 2 amide bonds. The van der Waals surface area contributed by atoms with Crippen LogP contribution in [-0.4, -0.2) is 56.3 Å². The van der Waals surface area contributed by atoms with Gasteiger partial charge in [-0.05, 0) is 60.9 Å². The van der Waals surface area contributed by atoms with Crippen LogP contribution in [0, 0.1) is 5.82 Å². The fourth-order valence-corrected chi connectivity index (χ4v) is 5.93. The number of hydrogen-bond donors (Lipinski definition) is 1. The lowest BCUT2D eigenvalue weighted by atomic mass is 10.1. The molecule has 1 unspecified atom stereocenters. The summed E-state index contributed by atoms with van der Waals surface area (Å²) in [7, 11) is -2.29. The number of sulfonamides is 1. The molecule has 12 heteroatoms. The van der Waals surface area contributed by atoms with E-state index >= 15 is 0 Å². The Morgan fingerprint density at radius 2 is 2.14 bits per heavy atom. The van der Waals surface area contributed by atoms with Crippen molar-refractivity contribution in [3.8, 4) is 0 Å². The lowest BCUT2D eigenvalue weighted by Crippen LogP contribution is -2.41. The molecule has 1 saturated heterocycles. The summed E-state index contributed by atoms with van der Waals surface area (Å²) in [5, 5.41) is 0.969. The van der Waals surface area contributed by atoms with Gasteiger partial charge in [0.2, 0.25) is 15.9 Å². The zero-order valence-electron chi connectivity index (χ0n) is 19.8. The standard InChI is InChI=1S/C25H24ClFN4O4S2/c1-30(12-8-17-3-2-11-28-16-17)24(32)18-4-6-22(20(27)15-18)31-13-9-21(25(31)33)29-37(34,35)14-10-19-5-7-23(26)36-19/h2-7,10-11,14-16,21,29H,8-9,12-13H2,1H3/b14-10+. The molecule has 8 nitrogen and oxygen atoms in total. The average Bonchev–Trinajstić information content (AvgIpc) is 3.46. The fraction of sp³-hybridized carbons (Fsp3) is 0.240. The molecule has 3 aromatic rings. The third kappa shape index (κ3) is 6.80. The van der Waals surface area contributed by atoms with E-state index in [1.165, 1.54) is 39.3 Å². The Hall–Kier alpha value is -3.12. The molecule has 3 heterocycles. The van der Waals surface area contributed by atoms with Gasteiger partial charge in [0, 0.05) is 48.4 Å². The summed E-state index contributed by atoms with van der Waals surface area (Å²) in [6.45, 7) is 0.555. The van der Waals surface area contributed by atoms with E-state index in [9.17, 15) is 22.4 Å². The van der Waals surface area contributed by atoms with Crippen molar-refractivity contribution in [2.45, 2.75) is 18.9 Å². The van der Waals surface area contributed by atoms with E-state index in [1.54, 1.807) is 31.6 Å². The molecule has 1 N–H and O–H groups in total. The Balaban J connectivity index is 1.38. The number of nitrogens with one attached hydrogen (secondary N) is 1. The predicted molar refractivity (Wildman–Crippen MR) is 142 cm³/mol. The SMILES string of the molecule is CN(CCc1cccnc1)C(=O)c1ccc(N2CCC(NS(=O)(=O)/C=C/c3ccc(Cl)s3)C2=O)c(F)c1. The second-order valence-electron chi connectivity index (χ2n) is 8.44. The second kappa shape index (κ2) is 11.5. The van der Waals surface area contributed by atoms with Crippen molar-refractivity contribution in [3.05, 3.63) is 86.4 Å². The van der Waals surface area contributed by atoms with E-state index in [0.717, 1.165) is 17.0 Å². The molecule has 1 aromatic carbocycles. The number of halogens is 2. The van der Waals surface area contributed by atoms with Gasteiger partial charge in [0.05, 0.1) is 10.0 Å². The summed E-state index contributed by atoms with van der Waals surface area (Å²) in [5.74, 6) is -1.66. The van der Waals surface area contributed by atoms with Crippen LogP contribution in [0.5, 0.6) is 0 Å². The molecule has 1 fully saturated rings. The van der Waals surface area contributed by atoms with Crippen LogP contribution >= 0.6 is 22.9 Å². The summed E-state index contributed by atoms with van der Waals surface area (Å²) in [6, 6.07) is 9.96. The quantitative estimate of drug-likeness (QED) is 0.426. The van der Waals surface area contributed by atoms with Crippen molar-refractivity contribution in [1.82, 2.24) is 14.6 Å². The zero-order chi connectivity index (χ0) is 26.6. The van der Waals surface area contributed by atoms with Crippen molar-refractivity contribution in [1.29, 1.82) is 0 Å². The Morgan fingerprint density at radius 3 is 2.81 bits per heavy atom. The minimum absolute atomic E-state index is 0.00923. The Morgan fingerprint density at radius 1 is 1.32 bits per heavy atom. The second-order valence-corrected chi connectivity index (χ2v) is 11.8. The Kier molecular flexibility index (Phi) is 8.38. The minimum atomic E-state index is -3.92. The van der Waals surface area contributed by atoms with Crippen molar-refractivity contribution < 1.29 is 22.4 Å². The first-order chi connectivity index (χ1) is 17.6. The maximum absolute atomic E-state index is 15.0. The molecule has 0 bridgehead atoms. The number of pyridine rings is 1. The number of hydrogen-bond acceptors (Lipinski definition) is 6. The van der Waals surface area contributed by atoms with Crippen molar-refractivity contribution in [3.63, 3.8) is 0 Å². The fourth-order valence-electron chi connectivity index (χ4n) is 3.86. The largest absolute Gasteiger partial charge is 0.341 e. The van der Waals surface area contributed by atoms with Crippen LogP contribution < -0.4 is 9.62 Å². The van der Waals surface area contributed by atoms with Crippen LogP contribution in [0.2, 0.25) is 4.34 Å². The summed E-state index contributed by atoms with van der Waals surface area (Å²) in [4.78, 5) is 33.0. The van der Waals surface area contributed by atoms with Gasteiger partial charge in [-0.2, -0.15) is 4.72 Å². The number of carbonyl (C=O) groups is 2. The summed E-state index contributed by atoms with van der Waals surface area (Å²) in [5.41, 5.74) is 1.12. The lowest BCUT2D eigenvalue weighted by molar-refractivity contribution is -0.118. The van der Waals surface area contributed by atoms with Gasteiger partial charge in [-0.1, -0.05) is 17.7 Å². The van der Waals surface area contributed by atoms with Crippen molar-refractivity contribution in [2.75, 3.05) is 25.0 Å². The number of thiophene rings is 1. The van der Waals surface area contributed by atoms with Gasteiger partial charge in [0.15, 0.2) is 0 Å². The van der Waals surface area contributed by atoms with E-state index < -0.39 is 27.8 Å². The molecule has 4 rings (SSSR count). The molecule has 1 aliphatic heterocycles. The highest BCUT2D eigenvalue weighted by Gasteiger charge is 2.36. The van der Waals surface area contributed by atoms with Gasteiger partial charge < -0.3 is 9.80 Å². The number of aromatic nitrogens is 1. The van der Waals surface area contributed by atoms with Crippen LogP contribution in [0.3, 0.4) is 0 Å². The third-order valence-corrected chi connectivity index (χ3v) is 8.11. The van der Waals surface area contributed by atoms with Crippen LogP contribution in [0.25, 0.3) is 6.08 Å². The molecule has 0 saturated carbocycles. The first-order valence-electron chi connectivity index (χ1n) is 11.3. The van der Waals surface area contributed by atoms with E-state index in [4.69, 9.17) is 11.6 Å². The van der Waals surface area contributed by atoms with Gasteiger partial charge in [0.25, 0.3) is 5.91 Å². The maximum Gasteiger partial charge on any atom is 0.253 e. The molecule has 0 aliphatic carbocycles. The zero-order valence-corrected chi connectivity index (χ0v) is 22.2. The Bertz CT molecular complexity index is 1430. The van der Waals surface area contributed by atoms with Gasteiger partial charge >= 0.3 is 0 Å². The lowest BCUT2D eigenvalue weighted by Gasteiger charge is -2.20. The summed E-state index contributed by atoms with van der Waals surface area (Å²) in [6.07, 6.45) is 5.56. The first kappa shape index (κ1) is 26.9. The molecular weight excluding hydrogens is 539 g/mol. The number of rotatable bonds is 9. The Labute approximate surface area is 223 Å². The van der Waals surface area contributed by atoms with E-state index in [0.29, 0.717) is 22.2 Å². The normalized spacial score (nSPS) is 16.0. The topological polar surface area (TPSA) is 99.7 Å². The van der Waals surface area contributed by atoms with Crippen molar-refractivity contribution >= 4 is 56.5 Å². The number of amides is 2. The van der Waals surface area contributed by atoms with E-state index in [1.807, 2.05) is 12.1 Å². The smallest absolute Gasteiger partial charge is 0.253 e. The molecule has 2 aromatic heterocycles. The van der Waals surface area contributed by atoms with Crippen LogP contribution in [0.15, 0.2) is 60.3 Å². The van der Waals surface area contributed by atoms with Gasteiger partial charge in [0.1, 0.15) is 11.9 Å². The molecule has 1 atom stereocenters. The van der Waals surface area contributed by atoms with Crippen LogP contribution in [0.1, 0.15) is 27.2 Å². The molecule has 194 valence electrons. The predicted octanol–water partition coefficient (Wildman–Crippen LogP) is 3.95. The third-order valence-electron chi connectivity index (χ3n) is 5.81. The number of benzene rings is 1.